The van der Waals surface area contributed by atoms with Crippen LogP contribution in [-0.2, 0) is 0 Å². The summed E-state index contributed by atoms with van der Waals surface area (Å²) >= 11 is 5.93. The summed E-state index contributed by atoms with van der Waals surface area (Å²) in [5.41, 5.74) is 2.88. The monoisotopic (exact) mass is 393 g/mol. The summed E-state index contributed by atoms with van der Waals surface area (Å²) in [4.78, 5) is 10.7. The van der Waals surface area contributed by atoms with Crippen LogP contribution in [0, 0.1) is 5.41 Å². The predicted octanol–water partition coefficient (Wildman–Crippen LogP) is 3.98. The normalized spacial score (nSPS) is 17.8. The van der Waals surface area contributed by atoms with Gasteiger partial charge in [0.1, 0.15) is 5.15 Å². The van der Waals surface area contributed by atoms with Gasteiger partial charge < -0.3 is 15.6 Å². The fourth-order valence-corrected chi connectivity index (χ4v) is 3.19. The Kier molecular flexibility index (Phi) is 6.34. The van der Waals surface area contributed by atoms with Crippen molar-refractivity contribution in [3.05, 3.63) is 41.3 Å². The molecule has 0 spiro atoms. The van der Waals surface area contributed by atoms with Crippen LogP contribution in [0.25, 0.3) is 16.6 Å². The zero-order valence-corrected chi connectivity index (χ0v) is 15.6. The molecule has 144 valence electrons. The first kappa shape index (κ1) is 19.6. The predicted molar refractivity (Wildman–Crippen MR) is 105 cm³/mol. The van der Waals surface area contributed by atoms with Gasteiger partial charge in [-0.25, -0.2) is 13.8 Å². The van der Waals surface area contributed by atoms with E-state index in [9.17, 15) is 8.78 Å². The Morgan fingerprint density at radius 1 is 1.30 bits per heavy atom. The molecule has 2 aromatic rings. The second kappa shape index (κ2) is 8.71. The molecule has 0 unspecified atom stereocenters. The van der Waals surface area contributed by atoms with Crippen molar-refractivity contribution in [2.24, 2.45) is 0 Å². The molecule has 1 aliphatic heterocycles. The minimum Gasteiger partial charge on any atom is -0.390 e. The van der Waals surface area contributed by atoms with Gasteiger partial charge in [0.15, 0.2) is 0 Å². The van der Waals surface area contributed by atoms with Crippen molar-refractivity contribution in [3.8, 4) is 0 Å². The topological polar surface area (TPSA) is 64.9 Å². The molecule has 3 heterocycles. The third-order valence-corrected chi connectivity index (χ3v) is 4.84. The number of likely N-dealkylation sites (tertiary alicyclic amines) is 1. The highest BCUT2D eigenvalue weighted by Gasteiger charge is 2.33. The smallest absolute Gasteiger partial charge is 0.250 e. The van der Waals surface area contributed by atoms with Crippen LogP contribution in [0.15, 0.2) is 30.6 Å². The number of hydrogen-bond donors (Lipinski definition) is 2. The number of nitrogens with one attached hydrogen (secondary N) is 2. The minimum absolute atomic E-state index is 0.0503. The van der Waals surface area contributed by atoms with E-state index in [1.165, 1.54) is 6.21 Å². The Hall–Kier alpha value is -2.12. The first-order chi connectivity index (χ1) is 13.0. The van der Waals surface area contributed by atoms with Crippen molar-refractivity contribution in [2.45, 2.75) is 25.2 Å². The number of alkyl halides is 2. The lowest BCUT2D eigenvalue weighted by Crippen LogP contribution is -2.40. The van der Waals surface area contributed by atoms with E-state index in [2.05, 4.69) is 20.2 Å². The molecule has 1 aliphatic rings. The standard InChI is InChI=1S/C19H22ClF2N5/c20-18-3-2-16-17(26-18)10-14(13-25-16)15(11-23)12-24-6-1-7-27-8-4-19(21,22)5-9-27/h2-3,10-13,23-24H,1,4-9H2/b15-12+,23-11?. The Morgan fingerprint density at radius 2 is 2.07 bits per heavy atom. The number of nitrogens with zero attached hydrogens (tertiary/aromatic N) is 3. The molecule has 8 heteroatoms. The molecular weight excluding hydrogens is 372 g/mol. The largest absolute Gasteiger partial charge is 0.390 e. The third kappa shape index (κ3) is 5.43. The van der Waals surface area contributed by atoms with Gasteiger partial charge in [-0.3, -0.25) is 4.98 Å². The highest BCUT2D eigenvalue weighted by Crippen LogP contribution is 2.27. The van der Waals surface area contributed by atoms with Crippen LogP contribution >= 0.6 is 11.6 Å². The van der Waals surface area contributed by atoms with Crippen molar-refractivity contribution < 1.29 is 8.78 Å². The summed E-state index contributed by atoms with van der Waals surface area (Å²) in [6.07, 6.45) is 5.47. The Morgan fingerprint density at radius 3 is 2.81 bits per heavy atom. The van der Waals surface area contributed by atoms with Crippen LogP contribution in [0.1, 0.15) is 24.8 Å². The number of aromatic nitrogens is 2. The molecule has 0 saturated carbocycles. The fraction of sp³-hybridized carbons (Fsp3) is 0.421. The molecule has 5 nitrogen and oxygen atoms in total. The molecule has 2 aromatic heterocycles. The zero-order valence-electron chi connectivity index (χ0n) is 14.9. The van der Waals surface area contributed by atoms with Crippen molar-refractivity contribution in [1.82, 2.24) is 20.2 Å². The van der Waals surface area contributed by atoms with Crippen molar-refractivity contribution in [1.29, 1.82) is 5.41 Å². The van der Waals surface area contributed by atoms with E-state index >= 15 is 0 Å². The molecule has 0 bridgehead atoms. The van der Waals surface area contributed by atoms with Gasteiger partial charge in [0.2, 0.25) is 0 Å². The van der Waals surface area contributed by atoms with Crippen molar-refractivity contribution in [2.75, 3.05) is 26.2 Å². The van der Waals surface area contributed by atoms with E-state index in [-0.39, 0.29) is 12.8 Å². The van der Waals surface area contributed by atoms with E-state index < -0.39 is 5.92 Å². The first-order valence-corrected chi connectivity index (χ1v) is 9.31. The van der Waals surface area contributed by atoms with E-state index in [1.807, 2.05) is 6.07 Å². The molecule has 3 rings (SSSR count). The number of allylic oxidation sites excluding steroid dienone is 1. The molecule has 0 amide bonds. The van der Waals surface area contributed by atoms with E-state index in [0.29, 0.717) is 35.9 Å². The van der Waals surface area contributed by atoms with Crippen LogP contribution in [0.5, 0.6) is 0 Å². The van der Waals surface area contributed by atoms with E-state index in [4.69, 9.17) is 17.0 Å². The molecule has 1 fully saturated rings. The summed E-state index contributed by atoms with van der Waals surface area (Å²) in [6, 6.07) is 5.34. The maximum absolute atomic E-state index is 13.1. The van der Waals surface area contributed by atoms with Gasteiger partial charge in [-0.1, -0.05) is 11.6 Å². The summed E-state index contributed by atoms with van der Waals surface area (Å²) in [5.74, 6) is -2.50. The van der Waals surface area contributed by atoms with Gasteiger partial charge in [-0.05, 0) is 31.2 Å². The van der Waals surface area contributed by atoms with Crippen LogP contribution in [0.2, 0.25) is 5.15 Å². The van der Waals surface area contributed by atoms with Crippen LogP contribution in [0.3, 0.4) is 0 Å². The SMILES string of the molecule is N=C/C(=C\NCCCN1CCC(F)(F)CC1)c1cnc2ccc(Cl)nc2c1. The van der Waals surface area contributed by atoms with Crippen LogP contribution in [-0.4, -0.2) is 53.2 Å². The lowest BCUT2D eigenvalue weighted by molar-refractivity contribution is -0.0550. The van der Waals surface area contributed by atoms with Gasteiger partial charge in [-0.15, -0.1) is 0 Å². The average molecular weight is 394 g/mol. The molecule has 0 radical (unpaired) electrons. The third-order valence-electron chi connectivity index (χ3n) is 4.63. The number of hydrogen-bond acceptors (Lipinski definition) is 5. The summed E-state index contributed by atoms with van der Waals surface area (Å²) in [6.45, 7) is 2.39. The van der Waals surface area contributed by atoms with Gasteiger partial charge in [-0.2, -0.15) is 0 Å². The quantitative estimate of drug-likeness (QED) is 0.424. The zero-order chi connectivity index (χ0) is 19.3. The molecule has 1 saturated heterocycles. The van der Waals surface area contributed by atoms with Crippen molar-refractivity contribution >= 4 is 34.4 Å². The summed E-state index contributed by atoms with van der Waals surface area (Å²) in [5, 5.41) is 11.2. The number of piperidine rings is 1. The van der Waals surface area contributed by atoms with Crippen LogP contribution < -0.4 is 5.32 Å². The molecule has 0 aliphatic carbocycles. The number of halogens is 3. The second-order valence-electron chi connectivity index (χ2n) is 6.65. The fourth-order valence-electron chi connectivity index (χ4n) is 3.04. The Bertz CT molecular complexity index is 830. The lowest BCUT2D eigenvalue weighted by Gasteiger charge is -2.31. The number of fused-ring (bicyclic) bond motifs is 1. The average Bonchev–Trinajstić information content (AvgIpc) is 2.65. The van der Waals surface area contributed by atoms with Gasteiger partial charge in [0, 0.05) is 62.2 Å². The highest BCUT2D eigenvalue weighted by molar-refractivity contribution is 6.29. The van der Waals surface area contributed by atoms with Gasteiger partial charge >= 0.3 is 0 Å². The molecule has 27 heavy (non-hydrogen) atoms. The van der Waals surface area contributed by atoms with Crippen LogP contribution in [0.4, 0.5) is 8.78 Å². The summed E-state index contributed by atoms with van der Waals surface area (Å²) < 4.78 is 26.3. The minimum atomic E-state index is -2.50. The van der Waals surface area contributed by atoms with E-state index in [1.54, 1.807) is 24.5 Å². The Labute approximate surface area is 162 Å². The first-order valence-electron chi connectivity index (χ1n) is 8.94. The van der Waals surface area contributed by atoms with Gasteiger partial charge in [0.25, 0.3) is 5.92 Å². The maximum atomic E-state index is 13.1. The maximum Gasteiger partial charge on any atom is 0.250 e. The molecule has 2 N–H and O–H groups in total. The highest BCUT2D eigenvalue weighted by atomic mass is 35.5. The molecular formula is C19H22ClF2N5. The second-order valence-corrected chi connectivity index (χ2v) is 7.03. The number of rotatable bonds is 7. The molecule has 0 aromatic carbocycles. The lowest BCUT2D eigenvalue weighted by atomic mass is 10.1. The number of pyridine rings is 2. The van der Waals surface area contributed by atoms with E-state index in [0.717, 1.165) is 24.0 Å². The van der Waals surface area contributed by atoms with Crippen molar-refractivity contribution in [3.63, 3.8) is 0 Å². The summed E-state index contributed by atoms with van der Waals surface area (Å²) in [7, 11) is 0. The van der Waals surface area contributed by atoms with Gasteiger partial charge in [0.05, 0.1) is 11.0 Å². The molecule has 0 atom stereocenters. The Balaban J connectivity index is 1.52.